The summed E-state index contributed by atoms with van der Waals surface area (Å²) >= 11 is 0. The predicted octanol–water partition coefficient (Wildman–Crippen LogP) is 4.83. The van der Waals surface area contributed by atoms with Crippen LogP contribution >= 0.6 is 0 Å². The van der Waals surface area contributed by atoms with Crippen molar-refractivity contribution in [2.45, 2.75) is 37.7 Å². The fourth-order valence-corrected chi connectivity index (χ4v) is 4.49. The summed E-state index contributed by atoms with van der Waals surface area (Å²) < 4.78 is 73.5. The summed E-state index contributed by atoms with van der Waals surface area (Å²) in [5.74, 6) is -1.02. The van der Waals surface area contributed by atoms with Gasteiger partial charge in [0.2, 0.25) is 10.0 Å². The molecule has 0 aliphatic carbocycles. The van der Waals surface area contributed by atoms with E-state index >= 15 is 0 Å². The first-order valence-electron chi connectivity index (χ1n) is 10.6. The minimum Gasteiger partial charge on any atom is -0.467 e. The molecule has 2 N–H and O–H groups in total. The Morgan fingerprint density at radius 3 is 2.29 bits per heavy atom. The fraction of sp³-hybridized carbons (Fsp3) is 0.292. The molecule has 0 aliphatic rings. The molecule has 0 fully saturated rings. The van der Waals surface area contributed by atoms with Crippen LogP contribution in [0.2, 0.25) is 0 Å². The third-order valence-electron chi connectivity index (χ3n) is 5.19. The van der Waals surface area contributed by atoms with Crippen molar-refractivity contribution >= 4 is 32.5 Å². The van der Waals surface area contributed by atoms with Gasteiger partial charge in [0.05, 0.1) is 12.0 Å². The number of alkyl halides is 3. The lowest BCUT2D eigenvalue weighted by Gasteiger charge is -2.22. The lowest BCUT2D eigenvalue weighted by molar-refractivity contribution is -0.274. The second kappa shape index (κ2) is 10.5. The number of benzene rings is 3. The van der Waals surface area contributed by atoms with E-state index in [1.54, 1.807) is 6.07 Å². The van der Waals surface area contributed by atoms with Crippen molar-refractivity contribution in [1.29, 1.82) is 0 Å². The largest absolute Gasteiger partial charge is 0.573 e. The van der Waals surface area contributed by atoms with Crippen LogP contribution in [0, 0.1) is 5.92 Å². The minimum absolute atomic E-state index is 0.0762. The lowest BCUT2D eigenvalue weighted by atomic mass is 10.0. The molecule has 11 heteroatoms. The van der Waals surface area contributed by atoms with Gasteiger partial charge in [-0.3, -0.25) is 0 Å². The highest BCUT2D eigenvalue weighted by Crippen LogP contribution is 2.28. The minimum atomic E-state index is -4.87. The Labute approximate surface area is 201 Å². The number of esters is 1. The van der Waals surface area contributed by atoms with Gasteiger partial charge in [0.25, 0.3) is 0 Å². The molecule has 0 saturated heterocycles. The molecule has 0 spiro atoms. The average Bonchev–Trinajstić information content (AvgIpc) is 2.79. The van der Waals surface area contributed by atoms with Crippen LogP contribution in [0.1, 0.15) is 19.4 Å². The number of fused-ring (bicyclic) bond motifs is 1. The summed E-state index contributed by atoms with van der Waals surface area (Å²) in [5, 5.41) is 4.88. The topological polar surface area (TPSA) is 93.7 Å². The quantitative estimate of drug-likeness (QED) is 0.401. The zero-order valence-corrected chi connectivity index (χ0v) is 20.0. The standard InChI is InChI=1S/C24H25F3N2O5S/c1-15(2)22(23(30)33-3)29-21-13-16(12-17-6-4-5-7-20(17)21)14-28-35(31,32)19-10-8-18(9-11-19)34-24(25,26)27/h4-13,15,22,28-29H,14H2,1-3H3/t22-/m0/s1. The summed E-state index contributed by atoms with van der Waals surface area (Å²) in [6.45, 7) is 3.66. The van der Waals surface area contributed by atoms with Crippen molar-refractivity contribution in [3.63, 3.8) is 0 Å². The second-order valence-electron chi connectivity index (χ2n) is 8.10. The van der Waals surface area contributed by atoms with Gasteiger partial charge >= 0.3 is 12.3 Å². The van der Waals surface area contributed by atoms with E-state index in [1.165, 1.54) is 7.11 Å². The number of hydrogen-bond donors (Lipinski definition) is 2. The smallest absolute Gasteiger partial charge is 0.467 e. The van der Waals surface area contributed by atoms with Gasteiger partial charge in [-0.1, -0.05) is 38.1 Å². The molecule has 3 aromatic carbocycles. The van der Waals surface area contributed by atoms with Crippen molar-refractivity contribution in [2.75, 3.05) is 12.4 Å². The number of rotatable bonds is 9. The first-order valence-corrected chi connectivity index (χ1v) is 12.1. The highest BCUT2D eigenvalue weighted by atomic mass is 32.2. The highest BCUT2D eigenvalue weighted by molar-refractivity contribution is 7.89. The summed E-state index contributed by atoms with van der Waals surface area (Å²) in [6, 6.07) is 14.3. The zero-order valence-electron chi connectivity index (χ0n) is 19.2. The van der Waals surface area contributed by atoms with Crippen molar-refractivity contribution in [3.05, 3.63) is 66.2 Å². The van der Waals surface area contributed by atoms with Gasteiger partial charge in [-0.05, 0) is 53.3 Å². The van der Waals surface area contributed by atoms with Gasteiger partial charge in [-0.25, -0.2) is 17.9 Å². The Hall–Kier alpha value is -3.31. The van der Waals surface area contributed by atoms with Crippen LogP contribution in [0.25, 0.3) is 10.8 Å². The molecule has 35 heavy (non-hydrogen) atoms. The fourth-order valence-electron chi connectivity index (χ4n) is 3.47. The Balaban J connectivity index is 1.84. The summed E-state index contributed by atoms with van der Waals surface area (Å²) in [4.78, 5) is 12.0. The number of anilines is 1. The molecule has 3 rings (SSSR count). The van der Waals surface area contributed by atoms with E-state index in [0.717, 1.165) is 35.0 Å². The Kier molecular flexibility index (Phi) is 7.91. The highest BCUT2D eigenvalue weighted by Gasteiger charge is 2.31. The molecular weight excluding hydrogens is 485 g/mol. The first-order chi connectivity index (χ1) is 16.4. The van der Waals surface area contributed by atoms with E-state index in [9.17, 15) is 26.4 Å². The van der Waals surface area contributed by atoms with Crippen LogP contribution in [0.5, 0.6) is 5.75 Å². The number of hydrogen-bond acceptors (Lipinski definition) is 6. The molecule has 0 aromatic heterocycles. The molecule has 0 bridgehead atoms. The number of sulfonamides is 1. The summed E-state index contributed by atoms with van der Waals surface area (Å²) in [7, 11) is -2.71. The van der Waals surface area contributed by atoms with Crippen molar-refractivity contribution in [2.24, 2.45) is 5.92 Å². The molecule has 0 radical (unpaired) electrons. The van der Waals surface area contributed by atoms with Crippen LogP contribution in [0.4, 0.5) is 18.9 Å². The molecule has 7 nitrogen and oxygen atoms in total. The number of nitrogens with one attached hydrogen (secondary N) is 2. The van der Waals surface area contributed by atoms with E-state index in [0.29, 0.717) is 11.3 Å². The third kappa shape index (κ3) is 6.86. The van der Waals surface area contributed by atoms with Gasteiger partial charge < -0.3 is 14.8 Å². The maximum atomic E-state index is 12.7. The number of carbonyl (C=O) groups excluding carboxylic acids is 1. The SMILES string of the molecule is COC(=O)[C@@H](Nc1cc(CNS(=O)(=O)c2ccc(OC(F)(F)F)cc2)cc2ccccc12)C(C)C. The molecule has 0 amide bonds. The Morgan fingerprint density at radius 1 is 1.03 bits per heavy atom. The summed E-state index contributed by atoms with van der Waals surface area (Å²) in [6.07, 6.45) is -4.87. The zero-order chi connectivity index (χ0) is 25.8. The van der Waals surface area contributed by atoms with E-state index in [-0.39, 0.29) is 17.4 Å². The van der Waals surface area contributed by atoms with Crippen molar-refractivity contribution in [1.82, 2.24) is 4.72 Å². The predicted molar refractivity (Wildman–Crippen MR) is 125 cm³/mol. The van der Waals surface area contributed by atoms with Gasteiger partial charge in [0.15, 0.2) is 0 Å². The van der Waals surface area contributed by atoms with Gasteiger partial charge in [0, 0.05) is 17.6 Å². The monoisotopic (exact) mass is 510 g/mol. The number of carbonyl (C=O) groups is 1. The van der Waals surface area contributed by atoms with Crippen LogP contribution in [-0.2, 0) is 26.1 Å². The van der Waals surface area contributed by atoms with Crippen LogP contribution in [-0.4, -0.2) is 33.9 Å². The molecular formula is C24H25F3N2O5S. The van der Waals surface area contributed by atoms with E-state index in [1.807, 2.05) is 44.2 Å². The number of ether oxygens (including phenoxy) is 2. The van der Waals surface area contributed by atoms with Gasteiger partial charge in [0.1, 0.15) is 11.8 Å². The molecule has 0 unspecified atom stereocenters. The Morgan fingerprint density at radius 2 is 1.69 bits per heavy atom. The van der Waals surface area contributed by atoms with Crippen LogP contribution < -0.4 is 14.8 Å². The van der Waals surface area contributed by atoms with Crippen LogP contribution in [0.15, 0.2) is 65.6 Å². The van der Waals surface area contributed by atoms with Gasteiger partial charge in [-0.2, -0.15) is 0 Å². The molecule has 0 heterocycles. The maximum Gasteiger partial charge on any atom is 0.573 e. The number of methoxy groups -OCH3 is 1. The first kappa shape index (κ1) is 26.3. The molecule has 0 saturated carbocycles. The molecule has 1 atom stereocenters. The molecule has 3 aromatic rings. The second-order valence-corrected chi connectivity index (χ2v) is 9.86. The van der Waals surface area contributed by atoms with E-state index in [2.05, 4.69) is 14.8 Å². The lowest BCUT2D eigenvalue weighted by Crippen LogP contribution is -2.35. The number of halogens is 3. The normalized spacial score (nSPS) is 13.0. The Bertz CT molecular complexity index is 1290. The third-order valence-corrected chi connectivity index (χ3v) is 6.61. The molecule has 0 aliphatic heterocycles. The van der Waals surface area contributed by atoms with Crippen LogP contribution in [0.3, 0.4) is 0 Å². The van der Waals surface area contributed by atoms with Crippen molar-refractivity contribution in [3.8, 4) is 5.75 Å². The van der Waals surface area contributed by atoms with Gasteiger partial charge in [-0.15, -0.1) is 13.2 Å². The summed E-state index contributed by atoms with van der Waals surface area (Å²) in [5.41, 5.74) is 1.24. The van der Waals surface area contributed by atoms with E-state index < -0.39 is 34.1 Å². The van der Waals surface area contributed by atoms with Crippen molar-refractivity contribution < 1.29 is 35.9 Å². The van der Waals surface area contributed by atoms with E-state index in [4.69, 9.17) is 4.74 Å². The molecule has 188 valence electrons. The maximum absolute atomic E-state index is 12.7. The average molecular weight is 511 g/mol.